The van der Waals surface area contributed by atoms with Crippen molar-refractivity contribution in [2.45, 2.75) is 25.5 Å². The molecule has 0 aliphatic rings. The zero-order valence-corrected chi connectivity index (χ0v) is 17.3. The van der Waals surface area contributed by atoms with Crippen LogP contribution in [0, 0.1) is 0 Å². The Bertz CT molecular complexity index is 1190. The van der Waals surface area contributed by atoms with Crippen LogP contribution in [-0.2, 0) is 4.74 Å². The summed E-state index contributed by atoms with van der Waals surface area (Å²) >= 11 is 0. The van der Waals surface area contributed by atoms with E-state index in [1.165, 1.54) is 13.0 Å². The topological polar surface area (TPSA) is 202 Å². The maximum atomic E-state index is 13.2. The standard InChI is InChI=1S/C21H23NO11/c1-9(31-16(7-23)21(30)22-8-24)32-20-18(29)17-14(28)5-11(25)6-15(17)33-19(20)10-2-3-12(26)13(27)4-10/h2-6,9,16,21-28,30H,7-8H2,1H3. The number of phenolic OH excluding ortho intramolecular Hbond substituents is 4. The number of fused-ring (bicyclic) bond motifs is 1. The minimum absolute atomic E-state index is 0.107. The van der Waals surface area contributed by atoms with E-state index in [1.807, 2.05) is 0 Å². The number of aromatic hydroxyl groups is 4. The van der Waals surface area contributed by atoms with E-state index in [-0.39, 0.29) is 28.0 Å². The first-order chi connectivity index (χ1) is 15.7. The molecule has 3 unspecified atom stereocenters. The Balaban J connectivity index is 2.11. The quantitative estimate of drug-likeness (QED) is 0.158. The normalized spacial score (nSPS) is 14.2. The number of hydrogen-bond acceptors (Lipinski definition) is 12. The fourth-order valence-electron chi connectivity index (χ4n) is 3.11. The Labute approximate surface area is 186 Å². The highest BCUT2D eigenvalue weighted by Crippen LogP contribution is 2.38. The summed E-state index contributed by atoms with van der Waals surface area (Å²) in [5, 5.41) is 69.5. The number of hydrogen-bond donors (Lipinski definition) is 8. The molecule has 0 aliphatic heterocycles. The third-order valence-corrected chi connectivity index (χ3v) is 4.64. The number of nitrogens with one attached hydrogen (secondary N) is 1. The summed E-state index contributed by atoms with van der Waals surface area (Å²) in [6.07, 6.45) is -3.97. The number of rotatable bonds is 9. The molecule has 0 bridgehead atoms. The summed E-state index contributed by atoms with van der Waals surface area (Å²) < 4.78 is 16.7. The highest BCUT2D eigenvalue weighted by Gasteiger charge is 2.26. The lowest BCUT2D eigenvalue weighted by molar-refractivity contribution is -0.163. The second kappa shape index (κ2) is 9.94. The first kappa shape index (κ1) is 24.1. The molecule has 2 aromatic carbocycles. The van der Waals surface area contributed by atoms with Crippen LogP contribution in [0.15, 0.2) is 39.5 Å². The predicted molar refractivity (Wildman–Crippen MR) is 113 cm³/mol. The van der Waals surface area contributed by atoms with E-state index in [9.17, 15) is 35.4 Å². The van der Waals surface area contributed by atoms with E-state index in [0.29, 0.717) is 0 Å². The first-order valence-corrected chi connectivity index (χ1v) is 9.66. The molecule has 3 atom stereocenters. The Morgan fingerprint density at radius 1 is 1.03 bits per heavy atom. The zero-order chi connectivity index (χ0) is 24.3. The van der Waals surface area contributed by atoms with Crippen LogP contribution in [-0.4, -0.2) is 67.7 Å². The van der Waals surface area contributed by atoms with E-state index >= 15 is 0 Å². The molecule has 12 nitrogen and oxygen atoms in total. The predicted octanol–water partition coefficient (Wildman–Crippen LogP) is 0.243. The molecule has 0 saturated heterocycles. The summed E-state index contributed by atoms with van der Waals surface area (Å²) in [6, 6.07) is 5.62. The van der Waals surface area contributed by atoms with E-state index in [2.05, 4.69) is 5.32 Å². The second-order valence-electron chi connectivity index (χ2n) is 6.98. The van der Waals surface area contributed by atoms with Gasteiger partial charge >= 0.3 is 0 Å². The van der Waals surface area contributed by atoms with Crippen LogP contribution in [0.1, 0.15) is 6.92 Å². The Morgan fingerprint density at radius 2 is 1.76 bits per heavy atom. The molecule has 1 heterocycles. The van der Waals surface area contributed by atoms with Crippen molar-refractivity contribution < 1.29 is 49.6 Å². The summed E-state index contributed by atoms with van der Waals surface area (Å²) in [5.74, 6) is -2.56. The van der Waals surface area contributed by atoms with Crippen LogP contribution < -0.4 is 15.5 Å². The molecular formula is C21H23NO11. The van der Waals surface area contributed by atoms with Crippen LogP contribution >= 0.6 is 0 Å². The molecular weight excluding hydrogens is 442 g/mol. The average molecular weight is 465 g/mol. The van der Waals surface area contributed by atoms with Gasteiger partial charge in [0, 0.05) is 17.7 Å². The van der Waals surface area contributed by atoms with Crippen molar-refractivity contribution in [3.63, 3.8) is 0 Å². The third-order valence-electron chi connectivity index (χ3n) is 4.64. The fourth-order valence-corrected chi connectivity index (χ4v) is 3.11. The molecule has 0 amide bonds. The highest BCUT2D eigenvalue weighted by atomic mass is 16.7. The monoisotopic (exact) mass is 465 g/mol. The fraction of sp³-hybridized carbons (Fsp3) is 0.286. The highest BCUT2D eigenvalue weighted by molar-refractivity contribution is 5.88. The lowest BCUT2D eigenvalue weighted by Crippen LogP contribution is -2.45. The zero-order valence-electron chi connectivity index (χ0n) is 17.3. The molecule has 3 aromatic rings. The van der Waals surface area contributed by atoms with E-state index in [4.69, 9.17) is 19.0 Å². The molecule has 0 fully saturated rings. The summed E-state index contributed by atoms with van der Waals surface area (Å²) in [5.41, 5.74) is -0.923. The molecule has 0 saturated carbocycles. The van der Waals surface area contributed by atoms with Crippen LogP contribution in [0.4, 0.5) is 0 Å². The van der Waals surface area contributed by atoms with Crippen LogP contribution in [0.3, 0.4) is 0 Å². The van der Waals surface area contributed by atoms with Crippen LogP contribution in [0.2, 0.25) is 0 Å². The van der Waals surface area contributed by atoms with Gasteiger partial charge in [-0.25, -0.2) is 0 Å². The molecule has 33 heavy (non-hydrogen) atoms. The van der Waals surface area contributed by atoms with Gasteiger partial charge in [-0.2, -0.15) is 0 Å². The molecule has 12 heteroatoms. The van der Waals surface area contributed by atoms with Crippen molar-refractivity contribution in [2.24, 2.45) is 0 Å². The van der Waals surface area contributed by atoms with Gasteiger partial charge in [-0.3, -0.25) is 10.1 Å². The van der Waals surface area contributed by atoms with E-state index in [0.717, 1.165) is 24.3 Å². The maximum Gasteiger partial charge on any atom is 0.239 e. The lowest BCUT2D eigenvalue weighted by atomic mass is 10.1. The summed E-state index contributed by atoms with van der Waals surface area (Å²) in [4.78, 5) is 13.2. The van der Waals surface area contributed by atoms with Gasteiger partial charge in [0.05, 0.1) is 13.3 Å². The lowest BCUT2D eigenvalue weighted by Gasteiger charge is -2.25. The van der Waals surface area contributed by atoms with Crippen molar-refractivity contribution in [1.29, 1.82) is 0 Å². The maximum absolute atomic E-state index is 13.2. The summed E-state index contributed by atoms with van der Waals surface area (Å²) in [7, 11) is 0. The second-order valence-corrected chi connectivity index (χ2v) is 6.98. The minimum atomic E-state index is -1.46. The smallest absolute Gasteiger partial charge is 0.239 e. The van der Waals surface area contributed by atoms with Crippen molar-refractivity contribution >= 4 is 11.0 Å². The average Bonchev–Trinajstić information content (AvgIpc) is 2.75. The number of ether oxygens (including phenoxy) is 2. The number of aliphatic hydroxyl groups is 3. The Kier molecular flexibility index (Phi) is 7.26. The van der Waals surface area contributed by atoms with Gasteiger partial charge in [0.1, 0.15) is 34.8 Å². The molecule has 1 aromatic heterocycles. The number of aliphatic hydroxyl groups excluding tert-OH is 3. The largest absolute Gasteiger partial charge is 0.508 e. The van der Waals surface area contributed by atoms with Gasteiger partial charge in [0.25, 0.3) is 0 Å². The Morgan fingerprint density at radius 3 is 2.39 bits per heavy atom. The van der Waals surface area contributed by atoms with Crippen molar-refractivity contribution in [2.75, 3.05) is 13.3 Å². The Hall–Kier alpha value is -3.55. The van der Waals surface area contributed by atoms with E-state index < -0.39 is 60.4 Å². The molecule has 3 rings (SSSR count). The van der Waals surface area contributed by atoms with Crippen molar-refractivity contribution in [3.8, 4) is 40.1 Å². The van der Waals surface area contributed by atoms with Crippen LogP contribution in [0.5, 0.6) is 28.7 Å². The van der Waals surface area contributed by atoms with Gasteiger partial charge in [-0.1, -0.05) is 0 Å². The SMILES string of the molecule is CC(Oc1c(-c2ccc(O)c(O)c2)oc2cc(O)cc(O)c2c1=O)OC(CO)C(O)NCO. The number of phenols is 4. The number of benzene rings is 2. The minimum Gasteiger partial charge on any atom is -0.508 e. The van der Waals surface area contributed by atoms with Crippen molar-refractivity contribution in [1.82, 2.24) is 5.32 Å². The van der Waals surface area contributed by atoms with Gasteiger partial charge in [-0.05, 0) is 25.1 Å². The molecule has 0 spiro atoms. The molecule has 0 aliphatic carbocycles. The van der Waals surface area contributed by atoms with Crippen LogP contribution in [0.25, 0.3) is 22.3 Å². The first-order valence-electron chi connectivity index (χ1n) is 9.66. The molecule has 8 N–H and O–H groups in total. The van der Waals surface area contributed by atoms with Gasteiger partial charge in [-0.15, -0.1) is 0 Å². The molecule has 178 valence electrons. The van der Waals surface area contributed by atoms with Gasteiger partial charge in [0.2, 0.25) is 11.2 Å². The van der Waals surface area contributed by atoms with Crippen molar-refractivity contribution in [3.05, 3.63) is 40.6 Å². The van der Waals surface area contributed by atoms with Gasteiger partial charge < -0.3 is 49.6 Å². The van der Waals surface area contributed by atoms with Gasteiger partial charge in [0.15, 0.2) is 23.5 Å². The molecule has 0 radical (unpaired) electrons. The summed E-state index contributed by atoms with van der Waals surface area (Å²) in [6.45, 7) is 0.102. The third kappa shape index (κ3) is 5.10. The van der Waals surface area contributed by atoms with E-state index in [1.54, 1.807) is 0 Å².